The zero-order valence-electron chi connectivity index (χ0n) is 14.9. The molecular weight excluding hydrogens is 364 g/mol. The minimum Gasteiger partial charge on any atom is -0.360 e. The van der Waals surface area contributed by atoms with Gasteiger partial charge < -0.3 is 20.5 Å². The van der Waals surface area contributed by atoms with Crippen molar-refractivity contribution in [3.8, 4) is 0 Å². The Balaban J connectivity index is 0.00000312. The first-order valence-corrected chi connectivity index (χ1v) is 9.31. The molecule has 2 amide bonds. The number of piperidine rings is 1. The van der Waals surface area contributed by atoms with Gasteiger partial charge in [0.15, 0.2) is 5.82 Å². The van der Waals surface area contributed by atoms with E-state index in [0.29, 0.717) is 24.0 Å². The van der Waals surface area contributed by atoms with Crippen LogP contribution in [0.25, 0.3) is 0 Å². The summed E-state index contributed by atoms with van der Waals surface area (Å²) >= 11 is 1.32. The lowest BCUT2D eigenvalue weighted by Crippen LogP contribution is -2.50. The Bertz CT molecular complexity index is 583. The van der Waals surface area contributed by atoms with Crippen LogP contribution in [0.15, 0.2) is 10.6 Å². The molecule has 2 rings (SSSR count). The monoisotopic (exact) mass is 390 g/mol. The summed E-state index contributed by atoms with van der Waals surface area (Å²) in [4.78, 5) is 26.4. The molecule has 1 fully saturated rings. The molecule has 25 heavy (non-hydrogen) atoms. The van der Waals surface area contributed by atoms with Gasteiger partial charge in [-0.1, -0.05) is 12.1 Å². The zero-order chi connectivity index (χ0) is 17.7. The molecule has 3 N–H and O–H groups in total. The van der Waals surface area contributed by atoms with Gasteiger partial charge in [-0.25, -0.2) is 0 Å². The predicted octanol–water partition coefficient (Wildman–Crippen LogP) is 2.05. The van der Waals surface area contributed by atoms with Crippen LogP contribution in [0, 0.1) is 12.8 Å². The highest BCUT2D eigenvalue weighted by molar-refractivity contribution is 8.01. The normalized spacial score (nSPS) is 21.4. The van der Waals surface area contributed by atoms with E-state index in [1.807, 2.05) is 4.90 Å². The summed E-state index contributed by atoms with van der Waals surface area (Å²) in [5.74, 6) is 1.77. The molecule has 3 atom stereocenters. The van der Waals surface area contributed by atoms with E-state index in [0.717, 1.165) is 19.4 Å². The quantitative estimate of drug-likeness (QED) is 0.770. The Labute approximate surface area is 158 Å². The van der Waals surface area contributed by atoms with Crippen LogP contribution < -0.4 is 11.1 Å². The second kappa shape index (κ2) is 10.0. The number of carbonyl (C=O) groups is 2. The van der Waals surface area contributed by atoms with E-state index in [4.69, 9.17) is 10.3 Å². The highest BCUT2D eigenvalue weighted by Gasteiger charge is 2.29. The standard InChI is InChI=1S/C16H26N4O3S.ClH/c1-10-4-5-20(13(6-10)8-17)15(21)9-24-12(3)16(22)18-14-7-11(2)23-19-14;/h7,10,12-13H,4-6,8-9,17H2,1-3H3,(H,18,19,22);1H. The van der Waals surface area contributed by atoms with E-state index >= 15 is 0 Å². The van der Waals surface area contributed by atoms with E-state index in [9.17, 15) is 9.59 Å². The highest BCUT2D eigenvalue weighted by atomic mass is 35.5. The maximum atomic E-state index is 12.5. The molecule has 3 unspecified atom stereocenters. The van der Waals surface area contributed by atoms with Crippen molar-refractivity contribution in [3.63, 3.8) is 0 Å². The molecular formula is C16H27ClN4O3S. The van der Waals surface area contributed by atoms with Gasteiger partial charge in [0.1, 0.15) is 5.76 Å². The van der Waals surface area contributed by atoms with Crippen molar-refractivity contribution in [2.24, 2.45) is 11.7 Å². The maximum Gasteiger partial charge on any atom is 0.238 e. The van der Waals surface area contributed by atoms with Gasteiger partial charge in [0.25, 0.3) is 0 Å². The molecule has 0 aromatic carbocycles. The number of nitrogens with two attached hydrogens (primary N) is 1. The topological polar surface area (TPSA) is 101 Å². The molecule has 7 nitrogen and oxygen atoms in total. The number of amides is 2. The molecule has 9 heteroatoms. The number of nitrogens with one attached hydrogen (secondary N) is 1. The molecule has 0 spiro atoms. The number of likely N-dealkylation sites (tertiary alicyclic amines) is 1. The smallest absolute Gasteiger partial charge is 0.238 e. The Hall–Kier alpha value is -1.25. The lowest BCUT2D eigenvalue weighted by Gasteiger charge is -2.38. The summed E-state index contributed by atoms with van der Waals surface area (Å²) in [5.41, 5.74) is 5.81. The lowest BCUT2D eigenvalue weighted by atomic mass is 9.92. The first-order valence-electron chi connectivity index (χ1n) is 8.26. The number of carbonyl (C=O) groups excluding carboxylic acids is 2. The van der Waals surface area contributed by atoms with Gasteiger partial charge in [-0.05, 0) is 32.6 Å². The van der Waals surface area contributed by atoms with Gasteiger partial charge in [0.05, 0.1) is 11.0 Å². The number of hydrogen-bond acceptors (Lipinski definition) is 6. The Morgan fingerprint density at radius 1 is 1.56 bits per heavy atom. The van der Waals surface area contributed by atoms with Crippen LogP contribution in [0.5, 0.6) is 0 Å². The zero-order valence-corrected chi connectivity index (χ0v) is 16.5. The van der Waals surface area contributed by atoms with Crippen molar-refractivity contribution in [1.29, 1.82) is 0 Å². The van der Waals surface area contributed by atoms with E-state index < -0.39 is 0 Å². The summed E-state index contributed by atoms with van der Waals surface area (Å²) in [6.45, 7) is 6.96. The minimum absolute atomic E-state index is 0. The van der Waals surface area contributed by atoms with Gasteiger partial charge in [-0.2, -0.15) is 0 Å². The van der Waals surface area contributed by atoms with E-state index in [-0.39, 0.29) is 41.3 Å². The fraction of sp³-hybridized carbons (Fsp3) is 0.688. The first-order chi connectivity index (χ1) is 11.4. The van der Waals surface area contributed by atoms with Gasteiger partial charge in [-0.15, -0.1) is 24.2 Å². The Morgan fingerprint density at radius 3 is 2.88 bits per heavy atom. The SMILES string of the molecule is Cc1cc(NC(=O)C(C)SCC(=O)N2CCC(C)CC2CN)no1.Cl. The number of thioether (sulfide) groups is 1. The maximum absolute atomic E-state index is 12.5. The third-order valence-corrected chi connectivity index (χ3v) is 5.40. The molecule has 142 valence electrons. The number of hydrogen-bond donors (Lipinski definition) is 2. The molecule has 0 bridgehead atoms. The largest absolute Gasteiger partial charge is 0.360 e. The van der Waals surface area contributed by atoms with Crippen LogP contribution in [-0.4, -0.2) is 52.0 Å². The van der Waals surface area contributed by atoms with Crippen LogP contribution in [0.1, 0.15) is 32.4 Å². The van der Waals surface area contributed by atoms with Crippen LogP contribution >= 0.6 is 24.2 Å². The summed E-state index contributed by atoms with van der Waals surface area (Å²) in [6, 6.07) is 1.77. The van der Waals surface area contributed by atoms with Crippen molar-refractivity contribution in [2.45, 2.75) is 44.9 Å². The third kappa shape index (κ3) is 6.20. The summed E-state index contributed by atoms with van der Waals surface area (Å²) in [6.07, 6.45) is 1.96. The Kier molecular flexibility index (Phi) is 8.75. The minimum atomic E-state index is -0.356. The molecule has 0 saturated carbocycles. The van der Waals surface area contributed by atoms with Gasteiger partial charge in [0.2, 0.25) is 11.8 Å². The van der Waals surface area contributed by atoms with Crippen molar-refractivity contribution in [1.82, 2.24) is 10.1 Å². The number of halogens is 1. The predicted molar refractivity (Wildman–Crippen MR) is 102 cm³/mol. The van der Waals surface area contributed by atoms with Gasteiger partial charge in [0, 0.05) is 25.2 Å². The van der Waals surface area contributed by atoms with E-state index in [1.54, 1.807) is 19.9 Å². The number of aromatic nitrogens is 1. The number of aryl methyl sites for hydroxylation is 1. The van der Waals surface area contributed by atoms with Crippen LogP contribution in [0.3, 0.4) is 0 Å². The van der Waals surface area contributed by atoms with Crippen molar-refractivity contribution >= 4 is 41.8 Å². The number of nitrogens with zero attached hydrogens (tertiary/aromatic N) is 2. The fourth-order valence-corrected chi connectivity index (χ4v) is 3.58. The second-order valence-corrected chi connectivity index (χ2v) is 7.70. The fourth-order valence-electron chi connectivity index (χ4n) is 2.81. The second-order valence-electron chi connectivity index (χ2n) is 6.37. The Morgan fingerprint density at radius 2 is 2.28 bits per heavy atom. The number of anilines is 1. The molecule has 0 radical (unpaired) electrons. The lowest BCUT2D eigenvalue weighted by molar-refractivity contribution is -0.132. The van der Waals surface area contributed by atoms with Crippen molar-refractivity contribution in [2.75, 3.05) is 24.2 Å². The average molecular weight is 391 g/mol. The molecule has 1 aliphatic rings. The van der Waals surface area contributed by atoms with Crippen molar-refractivity contribution in [3.05, 3.63) is 11.8 Å². The van der Waals surface area contributed by atoms with Crippen LogP contribution in [-0.2, 0) is 9.59 Å². The average Bonchev–Trinajstić information content (AvgIpc) is 2.96. The molecule has 0 aliphatic carbocycles. The molecule has 2 heterocycles. The summed E-state index contributed by atoms with van der Waals surface area (Å²) in [7, 11) is 0. The van der Waals surface area contributed by atoms with Crippen molar-refractivity contribution < 1.29 is 14.1 Å². The van der Waals surface area contributed by atoms with Gasteiger partial charge in [-0.3, -0.25) is 9.59 Å². The van der Waals surface area contributed by atoms with Gasteiger partial charge >= 0.3 is 0 Å². The molecule has 1 aromatic heterocycles. The van der Waals surface area contributed by atoms with E-state index in [1.165, 1.54) is 11.8 Å². The third-order valence-electron chi connectivity index (χ3n) is 4.28. The molecule has 1 aromatic rings. The summed E-state index contributed by atoms with van der Waals surface area (Å²) < 4.78 is 4.91. The first kappa shape index (κ1) is 21.8. The van der Waals surface area contributed by atoms with Crippen LogP contribution in [0.4, 0.5) is 5.82 Å². The molecule has 1 aliphatic heterocycles. The van der Waals surface area contributed by atoms with Crippen LogP contribution in [0.2, 0.25) is 0 Å². The number of rotatable bonds is 6. The van der Waals surface area contributed by atoms with E-state index in [2.05, 4.69) is 17.4 Å². The highest BCUT2D eigenvalue weighted by Crippen LogP contribution is 2.23. The summed E-state index contributed by atoms with van der Waals surface area (Å²) in [5, 5.41) is 6.06. The molecule has 1 saturated heterocycles.